The molecule has 2 aliphatic carbocycles. The molecule has 4 aliphatic heterocycles. The molecule has 2 aromatic rings. The topological polar surface area (TPSA) is 208 Å². The van der Waals surface area contributed by atoms with Gasteiger partial charge in [0, 0.05) is 37.3 Å². The Morgan fingerprint density at radius 3 is 2.39 bits per heavy atom. The molecule has 6 aliphatic rings. The Kier molecular flexibility index (Phi) is 9.78. The molecule has 16 nitrogen and oxygen atoms in total. The van der Waals surface area contributed by atoms with Gasteiger partial charge in [-0.15, -0.1) is 0 Å². The van der Waals surface area contributed by atoms with Crippen LogP contribution in [0.4, 0.5) is 0 Å². The van der Waals surface area contributed by atoms with Crippen molar-refractivity contribution in [3.05, 3.63) is 76.9 Å². The Morgan fingerprint density at radius 2 is 1.71 bits per heavy atom. The summed E-state index contributed by atoms with van der Waals surface area (Å²) in [6.45, 7) is 4.50. The average Bonchev–Trinajstić information content (AvgIpc) is 3.90. The maximum Gasteiger partial charge on any atom is 0.348 e. The number of aliphatic hydroxyl groups is 2. The Balaban J connectivity index is 1.11. The van der Waals surface area contributed by atoms with Gasteiger partial charge < -0.3 is 44.5 Å². The minimum Gasteiger partial charge on any atom is -0.462 e. The van der Waals surface area contributed by atoms with Gasteiger partial charge in [-0.3, -0.25) is 19.2 Å². The van der Waals surface area contributed by atoms with Crippen molar-refractivity contribution in [1.82, 2.24) is 15.7 Å². The molecule has 1 spiro atoms. The van der Waals surface area contributed by atoms with Crippen molar-refractivity contribution in [2.24, 2.45) is 10.8 Å². The minimum atomic E-state index is -1.66. The van der Waals surface area contributed by atoms with Gasteiger partial charge in [0.2, 0.25) is 17.9 Å². The summed E-state index contributed by atoms with van der Waals surface area (Å²) in [5.41, 5.74) is 0.926. The fraction of sp³-hybridized carbons (Fsp3) is 0.525. The summed E-state index contributed by atoms with van der Waals surface area (Å²) < 4.78 is 30.0. The lowest BCUT2D eigenvalue weighted by atomic mass is 9.62. The number of carbonyl (C=O) groups excluding carboxylic acids is 5. The second-order valence-electron chi connectivity index (χ2n) is 16.1. The summed E-state index contributed by atoms with van der Waals surface area (Å²) in [7, 11) is 0. The van der Waals surface area contributed by atoms with Gasteiger partial charge in [-0.2, -0.15) is 5.06 Å². The number of ether oxygens (including phenoxy) is 5. The van der Waals surface area contributed by atoms with Crippen LogP contribution in [0.15, 0.2) is 54.6 Å². The fourth-order valence-electron chi connectivity index (χ4n) is 8.99. The van der Waals surface area contributed by atoms with Crippen molar-refractivity contribution in [2.45, 2.75) is 101 Å². The van der Waals surface area contributed by atoms with E-state index in [2.05, 4.69) is 10.6 Å². The lowest BCUT2D eigenvalue weighted by molar-refractivity contribution is -0.217. The highest BCUT2D eigenvalue weighted by Crippen LogP contribution is 2.58. The van der Waals surface area contributed by atoms with Gasteiger partial charge in [0.25, 0.3) is 0 Å². The molecule has 298 valence electrons. The quantitative estimate of drug-likeness (QED) is 0.137. The SMILES string of the molecule is C[C@H](O)[C@@H](NC(=O)[C@@]12C[C@H]3OC(=O)[C@@H]1N(Cc1ccccc1C=CC(=O)O[C@H]1C(=O)OCC1(C)C)O[C@@H]2[C@H]1OC2(Cc4ccccc4C2)O[C@H]13)C(=O)NCCO. The van der Waals surface area contributed by atoms with Gasteiger partial charge >= 0.3 is 17.9 Å². The third-order valence-corrected chi connectivity index (χ3v) is 11.7. The standard InChI is InChI=1S/C40H45N3O13/c1-21(45)28(34(47)41-14-15-44)42-37(50)40-18-26-29-30(55-39(54-29)16-23-9-5-6-10-24(23)17-39)32(40)56-43(31(40)35(48)52-26)19-25-11-7-4-8-22(25)12-13-27(46)53-33-36(49)51-20-38(33,2)3/h4-13,21,26,28-33,44-45H,14-20H2,1-3H3,(H,41,47)(H,42,50)/t21-,26+,28+,29-,30-,31-,32+,33-,40-/m0/s1. The van der Waals surface area contributed by atoms with E-state index in [1.807, 2.05) is 24.3 Å². The molecule has 1 saturated carbocycles. The van der Waals surface area contributed by atoms with Crippen LogP contribution in [0.1, 0.15) is 49.4 Å². The number of hydrogen-bond donors (Lipinski definition) is 4. The van der Waals surface area contributed by atoms with Gasteiger partial charge in [-0.25, -0.2) is 9.59 Å². The lowest BCUT2D eigenvalue weighted by Gasteiger charge is -2.49. The van der Waals surface area contributed by atoms with Crippen molar-refractivity contribution in [3.63, 3.8) is 0 Å². The summed E-state index contributed by atoms with van der Waals surface area (Å²) in [5, 5.41) is 26.5. The zero-order valence-electron chi connectivity index (χ0n) is 31.2. The second kappa shape index (κ2) is 14.3. The number of amides is 2. The first-order valence-electron chi connectivity index (χ1n) is 18.8. The van der Waals surface area contributed by atoms with Crippen LogP contribution in [0.3, 0.4) is 0 Å². The summed E-state index contributed by atoms with van der Waals surface area (Å²) in [6.07, 6.45) is -2.46. The molecule has 4 saturated heterocycles. The molecule has 2 amide bonds. The van der Waals surface area contributed by atoms with Crippen molar-refractivity contribution in [2.75, 3.05) is 19.8 Å². The normalized spacial score (nSPS) is 31.7. The van der Waals surface area contributed by atoms with Crippen molar-refractivity contribution < 1.29 is 62.7 Å². The van der Waals surface area contributed by atoms with Gasteiger partial charge in [-0.05, 0) is 35.3 Å². The first kappa shape index (κ1) is 38.2. The summed E-state index contributed by atoms with van der Waals surface area (Å²) in [5.74, 6) is -4.63. The highest BCUT2D eigenvalue weighted by atomic mass is 16.8. The van der Waals surface area contributed by atoms with Crippen LogP contribution in [0, 0.1) is 10.8 Å². The molecule has 4 heterocycles. The van der Waals surface area contributed by atoms with Crippen LogP contribution in [0.5, 0.6) is 0 Å². The van der Waals surface area contributed by atoms with Crippen molar-refractivity contribution in [1.29, 1.82) is 0 Å². The zero-order chi connectivity index (χ0) is 39.6. The predicted molar refractivity (Wildman–Crippen MR) is 191 cm³/mol. The van der Waals surface area contributed by atoms with Gasteiger partial charge in [-0.1, -0.05) is 62.4 Å². The number of nitrogens with one attached hydrogen (secondary N) is 2. The number of hydrogen-bond acceptors (Lipinski definition) is 14. The summed E-state index contributed by atoms with van der Waals surface area (Å²) >= 11 is 0. The number of carbonyl (C=O) groups is 5. The minimum absolute atomic E-state index is 0.0257. The smallest absolute Gasteiger partial charge is 0.348 e. The maximum atomic E-state index is 14.8. The number of esters is 3. The van der Waals surface area contributed by atoms with E-state index in [0.29, 0.717) is 24.0 Å². The van der Waals surface area contributed by atoms with E-state index in [1.54, 1.807) is 38.1 Å². The monoisotopic (exact) mass is 775 g/mol. The molecule has 0 unspecified atom stereocenters. The van der Waals surface area contributed by atoms with Crippen molar-refractivity contribution >= 4 is 35.8 Å². The molecule has 5 fully saturated rings. The van der Waals surface area contributed by atoms with Crippen LogP contribution in [0.2, 0.25) is 0 Å². The number of benzene rings is 2. The number of nitrogens with zero attached hydrogens (tertiary/aromatic N) is 1. The Hall–Kier alpha value is -4.71. The van der Waals surface area contributed by atoms with E-state index < -0.39 is 95.0 Å². The highest BCUT2D eigenvalue weighted by Gasteiger charge is 2.76. The first-order chi connectivity index (χ1) is 26.7. The molecule has 2 bridgehead atoms. The second-order valence-corrected chi connectivity index (χ2v) is 16.1. The third-order valence-electron chi connectivity index (χ3n) is 11.7. The summed E-state index contributed by atoms with van der Waals surface area (Å²) in [6, 6.07) is 12.2. The number of rotatable bonds is 11. The first-order valence-corrected chi connectivity index (χ1v) is 18.8. The highest BCUT2D eigenvalue weighted by molar-refractivity contribution is 5.96. The molecule has 16 heteroatoms. The average molecular weight is 776 g/mol. The molecular weight excluding hydrogens is 730 g/mol. The van der Waals surface area contributed by atoms with E-state index in [4.69, 9.17) is 28.5 Å². The zero-order valence-corrected chi connectivity index (χ0v) is 31.2. The van der Waals surface area contributed by atoms with E-state index in [1.165, 1.54) is 24.1 Å². The largest absolute Gasteiger partial charge is 0.462 e. The Morgan fingerprint density at radius 1 is 1.02 bits per heavy atom. The molecule has 9 atom stereocenters. The predicted octanol–water partition coefficient (Wildman–Crippen LogP) is 0.248. The van der Waals surface area contributed by atoms with Gasteiger partial charge in [0.1, 0.15) is 42.5 Å². The third kappa shape index (κ3) is 6.47. The van der Waals surface area contributed by atoms with E-state index in [0.717, 1.165) is 11.1 Å². The molecule has 0 aromatic heterocycles. The number of cyclic esters (lactones) is 1. The van der Waals surface area contributed by atoms with Crippen LogP contribution in [-0.2, 0) is 71.9 Å². The van der Waals surface area contributed by atoms with Crippen LogP contribution in [0.25, 0.3) is 6.08 Å². The van der Waals surface area contributed by atoms with Crippen LogP contribution < -0.4 is 10.6 Å². The van der Waals surface area contributed by atoms with E-state index in [-0.39, 0.29) is 32.7 Å². The number of aliphatic hydroxyl groups excluding tert-OH is 2. The van der Waals surface area contributed by atoms with Gasteiger partial charge in [0.15, 0.2) is 11.8 Å². The summed E-state index contributed by atoms with van der Waals surface area (Å²) in [4.78, 5) is 73.9. The molecule has 56 heavy (non-hydrogen) atoms. The number of fused-ring (bicyclic) bond motifs is 5. The van der Waals surface area contributed by atoms with Crippen molar-refractivity contribution in [3.8, 4) is 0 Å². The van der Waals surface area contributed by atoms with E-state index in [9.17, 15) is 34.2 Å². The fourth-order valence-corrected chi connectivity index (χ4v) is 8.99. The lowest BCUT2D eigenvalue weighted by Crippen LogP contribution is -2.71. The molecular formula is C40H45N3O13. The Bertz CT molecular complexity index is 1940. The van der Waals surface area contributed by atoms with Gasteiger partial charge in [0.05, 0.1) is 19.3 Å². The maximum absolute atomic E-state index is 14.8. The molecule has 0 radical (unpaired) electrons. The number of hydroxylamine groups is 2. The molecule has 2 aromatic carbocycles. The van der Waals surface area contributed by atoms with Crippen LogP contribution >= 0.6 is 0 Å². The molecule has 8 rings (SSSR count). The molecule has 4 N–H and O–H groups in total. The van der Waals surface area contributed by atoms with E-state index >= 15 is 0 Å². The Labute approximate surface area is 322 Å². The van der Waals surface area contributed by atoms with Crippen LogP contribution in [-0.4, -0.2) is 119 Å².